The average Bonchev–Trinajstić information content (AvgIpc) is 2.50. The highest BCUT2D eigenvalue weighted by molar-refractivity contribution is 9.10. The molecule has 0 bridgehead atoms. The van der Waals surface area contributed by atoms with Gasteiger partial charge in [0.2, 0.25) is 0 Å². The van der Waals surface area contributed by atoms with Crippen LogP contribution >= 0.6 is 31.9 Å². The highest BCUT2D eigenvalue weighted by Crippen LogP contribution is 2.33. The van der Waals surface area contributed by atoms with Crippen molar-refractivity contribution in [2.24, 2.45) is 0 Å². The van der Waals surface area contributed by atoms with Gasteiger partial charge in [0.25, 0.3) is 0 Å². The minimum atomic E-state index is -0.519. The Kier molecular flexibility index (Phi) is 4.05. The van der Waals surface area contributed by atoms with E-state index in [4.69, 9.17) is 0 Å². The molecule has 21 heavy (non-hydrogen) atoms. The summed E-state index contributed by atoms with van der Waals surface area (Å²) in [7, 11) is 0. The van der Waals surface area contributed by atoms with Crippen LogP contribution in [0.2, 0.25) is 0 Å². The van der Waals surface area contributed by atoms with Crippen LogP contribution in [0.5, 0.6) is 0 Å². The fourth-order valence-electron chi connectivity index (χ4n) is 2.80. The zero-order chi connectivity index (χ0) is 14.9. The maximum atomic E-state index is 9.71. The molecular weight excluding hydrogens is 392 g/mol. The molecule has 0 fully saturated rings. The molecule has 2 aromatic rings. The molecule has 1 aliphatic rings. The SMILES string of the molecule is N#CC1(Nc2ccc(Br)cc2)CCc2cc(Br)ccc2C1. The number of nitriles is 1. The molecule has 4 heteroatoms. The lowest BCUT2D eigenvalue weighted by atomic mass is 9.78. The highest BCUT2D eigenvalue weighted by atomic mass is 79.9. The Balaban J connectivity index is 1.87. The van der Waals surface area contributed by atoms with Crippen LogP contribution in [0.1, 0.15) is 17.5 Å². The number of hydrogen-bond donors (Lipinski definition) is 1. The molecule has 3 rings (SSSR count). The second-order valence-corrected chi connectivity index (χ2v) is 7.25. The smallest absolute Gasteiger partial charge is 0.129 e. The van der Waals surface area contributed by atoms with Gasteiger partial charge in [0.1, 0.15) is 5.54 Å². The van der Waals surface area contributed by atoms with Crippen molar-refractivity contribution in [3.05, 3.63) is 62.5 Å². The van der Waals surface area contributed by atoms with E-state index in [-0.39, 0.29) is 0 Å². The first-order chi connectivity index (χ1) is 10.1. The van der Waals surface area contributed by atoms with Crippen LogP contribution in [0.25, 0.3) is 0 Å². The molecule has 2 nitrogen and oxygen atoms in total. The van der Waals surface area contributed by atoms with E-state index >= 15 is 0 Å². The normalized spacial score (nSPS) is 20.4. The van der Waals surface area contributed by atoms with Gasteiger partial charge in [-0.3, -0.25) is 0 Å². The molecule has 0 aliphatic heterocycles. The van der Waals surface area contributed by atoms with E-state index < -0.39 is 5.54 Å². The van der Waals surface area contributed by atoms with Gasteiger partial charge in [-0.2, -0.15) is 5.26 Å². The van der Waals surface area contributed by atoms with E-state index in [1.165, 1.54) is 11.1 Å². The number of benzene rings is 2. The molecule has 0 radical (unpaired) electrons. The van der Waals surface area contributed by atoms with Gasteiger partial charge < -0.3 is 5.32 Å². The van der Waals surface area contributed by atoms with Crippen LogP contribution in [-0.4, -0.2) is 5.54 Å². The largest absolute Gasteiger partial charge is 0.367 e. The Labute approximate surface area is 141 Å². The first-order valence-electron chi connectivity index (χ1n) is 6.83. The molecule has 106 valence electrons. The van der Waals surface area contributed by atoms with Crippen LogP contribution < -0.4 is 5.32 Å². The number of anilines is 1. The molecule has 0 heterocycles. The van der Waals surface area contributed by atoms with E-state index in [0.717, 1.165) is 33.9 Å². The second kappa shape index (κ2) is 5.82. The lowest BCUT2D eigenvalue weighted by Crippen LogP contribution is -2.42. The summed E-state index contributed by atoms with van der Waals surface area (Å²) in [5.74, 6) is 0. The molecule has 0 saturated carbocycles. The van der Waals surface area contributed by atoms with E-state index in [1.807, 2.05) is 30.3 Å². The molecule has 1 N–H and O–H groups in total. The summed E-state index contributed by atoms with van der Waals surface area (Å²) < 4.78 is 2.14. The average molecular weight is 406 g/mol. The predicted octanol–water partition coefficient (Wildman–Crippen LogP) is 5.07. The standard InChI is InChI=1S/C17H14Br2N2/c18-14-3-5-16(6-4-14)21-17(11-20)8-7-12-9-15(19)2-1-13(12)10-17/h1-6,9,21H,7-8,10H2. The topological polar surface area (TPSA) is 35.8 Å². The van der Waals surface area contributed by atoms with Crippen LogP contribution in [0.3, 0.4) is 0 Å². The van der Waals surface area contributed by atoms with Crippen LogP contribution in [0.15, 0.2) is 51.4 Å². The molecule has 0 saturated heterocycles. The predicted molar refractivity (Wildman–Crippen MR) is 92.3 cm³/mol. The Morgan fingerprint density at radius 3 is 2.43 bits per heavy atom. The summed E-state index contributed by atoms with van der Waals surface area (Å²) >= 11 is 6.94. The third-order valence-corrected chi connectivity index (χ3v) is 4.95. The van der Waals surface area contributed by atoms with Gasteiger partial charge in [-0.15, -0.1) is 0 Å². The number of aryl methyl sites for hydroxylation is 1. The zero-order valence-corrected chi connectivity index (χ0v) is 14.5. The van der Waals surface area contributed by atoms with Crippen molar-refractivity contribution in [3.63, 3.8) is 0 Å². The van der Waals surface area contributed by atoms with Crippen molar-refractivity contribution in [1.29, 1.82) is 5.26 Å². The molecule has 0 amide bonds. The minimum absolute atomic E-state index is 0.519. The van der Waals surface area contributed by atoms with Gasteiger partial charge in [0.15, 0.2) is 0 Å². The number of halogens is 2. The van der Waals surface area contributed by atoms with Crippen molar-refractivity contribution in [2.45, 2.75) is 24.8 Å². The van der Waals surface area contributed by atoms with Crippen LogP contribution in [0.4, 0.5) is 5.69 Å². The van der Waals surface area contributed by atoms with Gasteiger partial charge in [0.05, 0.1) is 6.07 Å². The van der Waals surface area contributed by atoms with Crippen LogP contribution in [-0.2, 0) is 12.8 Å². The summed E-state index contributed by atoms with van der Waals surface area (Å²) in [5.41, 5.74) is 3.07. The fourth-order valence-corrected chi connectivity index (χ4v) is 3.47. The summed E-state index contributed by atoms with van der Waals surface area (Å²) in [6.07, 6.45) is 2.48. The molecule has 0 spiro atoms. The highest BCUT2D eigenvalue weighted by Gasteiger charge is 2.34. The van der Waals surface area contributed by atoms with Gasteiger partial charge >= 0.3 is 0 Å². The molecular formula is C17H14Br2N2. The van der Waals surface area contributed by atoms with Crippen molar-refractivity contribution < 1.29 is 0 Å². The zero-order valence-electron chi connectivity index (χ0n) is 11.4. The van der Waals surface area contributed by atoms with E-state index in [9.17, 15) is 5.26 Å². The third kappa shape index (κ3) is 3.14. The maximum absolute atomic E-state index is 9.71. The third-order valence-electron chi connectivity index (χ3n) is 3.92. The lowest BCUT2D eigenvalue weighted by Gasteiger charge is -2.34. The summed E-state index contributed by atoms with van der Waals surface area (Å²) in [4.78, 5) is 0. The van der Waals surface area contributed by atoms with Crippen molar-refractivity contribution in [2.75, 3.05) is 5.32 Å². The first-order valence-corrected chi connectivity index (χ1v) is 8.41. The van der Waals surface area contributed by atoms with Crippen molar-refractivity contribution in [3.8, 4) is 6.07 Å². The number of fused-ring (bicyclic) bond motifs is 1. The Hall–Kier alpha value is -1.31. The first kappa shape index (κ1) is 14.6. The number of hydrogen-bond acceptors (Lipinski definition) is 2. The summed E-state index contributed by atoms with van der Waals surface area (Å²) in [5, 5.41) is 13.1. The molecule has 1 aliphatic carbocycles. The summed E-state index contributed by atoms with van der Waals surface area (Å²) in [6.45, 7) is 0. The quantitative estimate of drug-likeness (QED) is 0.756. The monoisotopic (exact) mass is 404 g/mol. The minimum Gasteiger partial charge on any atom is -0.367 e. The molecule has 2 aromatic carbocycles. The number of nitrogens with zero attached hydrogens (tertiary/aromatic N) is 1. The molecule has 1 atom stereocenters. The lowest BCUT2D eigenvalue weighted by molar-refractivity contribution is 0.507. The number of rotatable bonds is 2. The van der Waals surface area contributed by atoms with Crippen molar-refractivity contribution >= 4 is 37.5 Å². The summed E-state index contributed by atoms with van der Waals surface area (Å²) in [6, 6.07) is 16.8. The van der Waals surface area contributed by atoms with E-state index in [0.29, 0.717) is 0 Å². The van der Waals surface area contributed by atoms with E-state index in [2.05, 4.69) is 55.4 Å². The van der Waals surface area contributed by atoms with Crippen LogP contribution in [0, 0.1) is 11.3 Å². The van der Waals surface area contributed by atoms with Gasteiger partial charge in [-0.25, -0.2) is 0 Å². The maximum Gasteiger partial charge on any atom is 0.129 e. The Bertz CT molecular complexity index is 704. The molecule has 0 aromatic heterocycles. The van der Waals surface area contributed by atoms with E-state index in [1.54, 1.807) is 0 Å². The molecule has 1 unspecified atom stereocenters. The second-order valence-electron chi connectivity index (χ2n) is 5.42. The van der Waals surface area contributed by atoms with Gasteiger partial charge in [-0.05, 0) is 60.4 Å². The van der Waals surface area contributed by atoms with Gasteiger partial charge in [0, 0.05) is 21.1 Å². The van der Waals surface area contributed by atoms with Crippen molar-refractivity contribution in [1.82, 2.24) is 0 Å². The number of nitrogens with one attached hydrogen (secondary N) is 1. The Morgan fingerprint density at radius 2 is 1.71 bits per heavy atom. The fraction of sp³-hybridized carbons (Fsp3) is 0.235. The Morgan fingerprint density at radius 1 is 1.00 bits per heavy atom. The van der Waals surface area contributed by atoms with Gasteiger partial charge in [-0.1, -0.05) is 37.9 Å².